The van der Waals surface area contributed by atoms with Gasteiger partial charge in [0.05, 0.1) is 13.2 Å². The summed E-state index contributed by atoms with van der Waals surface area (Å²) in [5.74, 6) is 0.708. The van der Waals surface area contributed by atoms with E-state index in [1.165, 1.54) is 0 Å². The Morgan fingerprint density at radius 3 is 2.52 bits per heavy atom. The van der Waals surface area contributed by atoms with Gasteiger partial charge in [-0.3, -0.25) is 4.79 Å². The van der Waals surface area contributed by atoms with Crippen molar-refractivity contribution in [2.45, 2.75) is 6.04 Å². The second-order valence-corrected chi connectivity index (χ2v) is 6.13. The fraction of sp³-hybridized carbons (Fsp3) is 0.136. The standard InChI is InChI=1S/C22H22N2O3/c1-27-21-8-3-2-7-19(21)16-5-4-6-17(13-16)22(26)24-20(14-23)15-9-11-18(25)12-10-15/h2-13,20,25H,14,23H2,1H3,(H,24,26). The number of nitrogens with one attached hydrogen (secondary N) is 1. The van der Waals surface area contributed by atoms with E-state index in [2.05, 4.69) is 5.32 Å². The minimum absolute atomic E-state index is 0.172. The number of rotatable bonds is 6. The molecule has 0 aromatic heterocycles. The summed E-state index contributed by atoms with van der Waals surface area (Å²) in [6.07, 6.45) is 0. The molecule has 1 atom stereocenters. The van der Waals surface area contributed by atoms with Crippen molar-refractivity contribution < 1.29 is 14.6 Å². The number of para-hydroxylation sites is 1. The lowest BCUT2D eigenvalue weighted by Gasteiger charge is -2.18. The van der Waals surface area contributed by atoms with Crippen molar-refractivity contribution in [1.29, 1.82) is 0 Å². The summed E-state index contributed by atoms with van der Waals surface area (Å²) in [7, 11) is 1.62. The molecule has 27 heavy (non-hydrogen) atoms. The van der Waals surface area contributed by atoms with Crippen molar-refractivity contribution in [3.63, 3.8) is 0 Å². The number of hydrogen-bond acceptors (Lipinski definition) is 4. The van der Waals surface area contributed by atoms with Crippen LogP contribution in [0.15, 0.2) is 72.8 Å². The van der Waals surface area contributed by atoms with E-state index >= 15 is 0 Å². The molecule has 0 bridgehead atoms. The molecular formula is C22H22N2O3. The SMILES string of the molecule is COc1ccccc1-c1cccc(C(=O)NC(CN)c2ccc(O)cc2)c1. The van der Waals surface area contributed by atoms with Crippen LogP contribution in [0.2, 0.25) is 0 Å². The van der Waals surface area contributed by atoms with Crippen LogP contribution in [0.1, 0.15) is 22.0 Å². The van der Waals surface area contributed by atoms with Crippen LogP contribution < -0.4 is 15.8 Å². The Hall–Kier alpha value is -3.31. The number of aromatic hydroxyl groups is 1. The average Bonchev–Trinajstić information content (AvgIpc) is 2.72. The molecular weight excluding hydrogens is 340 g/mol. The fourth-order valence-corrected chi connectivity index (χ4v) is 2.94. The number of methoxy groups -OCH3 is 1. The predicted molar refractivity (Wildman–Crippen MR) is 106 cm³/mol. The van der Waals surface area contributed by atoms with Crippen molar-refractivity contribution in [2.75, 3.05) is 13.7 Å². The molecule has 5 heteroatoms. The van der Waals surface area contributed by atoms with E-state index in [0.717, 1.165) is 22.4 Å². The molecule has 0 aliphatic heterocycles. The first-order chi connectivity index (χ1) is 13.1. The first-order valence-electron chi connectivity index (χ1n) is 8.65. The average molecular weight is 362 g/mol. The Labute approximate surface area is 158 Å². The third-order valence-corrected chi connectivity index (χ3v) is 4.38. The molecule has 0 heterocycles. The molecule has 1 amide bonds. The largest absolute Gasteiger partial charge is 0.508 e. The zero-order valence-corrected chi connectivity index (χ0v) is 15.1. The minimum Gasteiger partial charge on any atom is -0.508 e. The van der Waals surface area contributed by atoms with E-state index < -0.39 is 0 Å². The fourth-order valence-electron chi connectivity index (χ4n) is 2.94. The van der Waals surface area contributed by atoms with Gasteiger partial charge in [0.15, 0.2) is 0 Å². The van der Waals surface area contributed by atoms with Crippen LogP contribution >= 0.6 is 0 Å². The summed E-state index contributed by atoms with van der Waals surface area (Å²) in [4.78, 5) is 12.7. The Morgan fingerprint density at radius 2 is 1.81 bits per heavy atom. The Morgan fingerprint density at radius 1 is 1.07 bits per heavy atom. The summed E-state index contributed by atoms with van der Waals surface area (Å²) >= 11 is 0. The van der Waals surface area contributed by atoms with Gasteiger partial charge in [-0.15, -0.1) is 0 Å². The minimum atomic E-state index is -0.340. The number of nitrogens with two attached hydrogens (primary N) is 1. The maximum absolute atomic E-state index is 12.7. The van der Waals surface area contributed by atoms with Gasteiger partial charge in [0.1, 0.15) is 11.5 Å². The molecule has 0 aliphatic rings. The van der Waals surface area contributed by atoms with E-state index in [9.17, 15) is 9.90 Å². The molecule has 1 unspecified atom stereocenters. The number of amides is 1. The first kappa shape index (κ1) is 18.5. The highest BCUT2D eigenvalue weighted by Gasteiger charge is 2.15. The molecule has 138 valence electrons. The second-order valence-electron chi connectivity index (χ2n) is 6.13. The highest BCUT2D eigenvalue weighted by Crippen LogP contribution is 2.30. The summed E-state index contributed by atoms with van der Waals surface area (Å²) < 4.78 is 5.41. The molecule has 0 saturated carbocycles. The van der Waals surface area contributed by atoms with Crippen molar-refractivity contribution in [2.24, 2.45) is 5.73 Å². The Kier molecular flexibility index (Phi) is 5.74. The van der Waals surface area contributed by atoms with Crippen molar-refractivity contribution in [1.82, 2.24) is 5.32 Å². The van der Waals surface area contributed by atoms with Crippen molar-refractivity contribution >= 4 is 5.91 Å². The molecule has 5 nitrogen and oxygen atoms in total. The van der Waals surface area contributed by atoms with E-state index in [0.29, 0.717) is 5.56 Å². The van der Waals surface area contributed by atoms with Gasteiger partial charge in [0.25, 0.3) is 5.91 Å². The van der Waals surface area contributed by atoms with E-state index in [4.69, 9.17) is 10.5 Å². The zero-order valence-electron chi connectivity index (χ0n) is 15.1. The second kappa shape index (κ2) is 8.38. The van der Waals surface area contributed by atoms with Crippen LogP contribution in [-0.2, 0) is 0 Å². The maximum Gasteiger partial charge on any atom is 0.251 e. The van der Waals surface area contributed by atoms with Gasteiger partial charge in [0.2, 0.25) is 0 Å². The van der Waals surface area contributed by atoms with Crippen LogP contribution in [-0.4, -0.2) is 24.7 Å². The van der Waals surface area contributed by atoms with Gasteiger partial charge >= 0.3 is 0 Å². The van der Waals surface area contributed by atoms with Crippen LogP contribution in [0, 0.1) is 0 Å². The molecule has 3 aromatic carbocycles. The van der Waals surface area contributed by atoms with Crippen LogP contribution in [0.4, 0.5) is 0 Å². The lowest BCUT2D eigenvalue weighted by molar-refractivity contribution is 0.0938. The quantitative estimate of drug-likeness (QED) is 0.627. The highest BCUT2D eigenvalue weighted by atomic mass is 16.5. The van der Waals surface area contributed by atoms with Gasteiger partial charge in [-0.2, -0.15) is 0 Å². The topological polar surface area (TPSA) is 84.6 Å². The lowest BCUT2D eigenvalue weighted by Crippen LogP contribution is -2.33. The van der Waals surface area contributed by atoms with Gasteiger partial charge in [-0.25, -0.2) is 0 Å². The molecule has 0 spiro atoms. The van der Waals surface area contributed by atoms with Crippen molar-refractivity contribution in [3.8, 4) is 22.6 Å². The Balaban J connectivity index is 1.83. The molecule has 4 N–H and O–H groups in total. The third kappa shape index (κ3) is 4.27. The highest BCUT2D eigenvalue weighted by molar-refractivity contribution is 5.96. The molecule has 0 saturated heterocycles. The van der Waals surface area contributed by atoms with E-state index in [1.807, 2.05) is 42.5 Å². The number of phenols is 1. The maximum atomic E-state index is 12.7. The summed E-state index contributed by atoms with van der Waals surface area (Å²) in [6.45, 7) is 0.253. The first-order valence-corrected chi connectivity index (χ1v) is 8.65. The number of ether oxygens (including phenoxy) is 1. The smallest absolute Gasteiger partial charge is 0.251 e. The predicted octanol–water partition coefficient (Wildman–Crippen LogP) is 3.50. The lowest BCUT2D eigenvalue weighted by atomic mass is 10.0. The number of carbonyl (C=O) groups is 1. The van der Waals surface area contributed by atoms with Crippen LogP contribution in [0.3, 0.4) is 0 Å². The summed E-state index contributed by atoms with van der Waals surface area (Å²) in [6, 6.07) is 21.4. The number of phenolic OH excluding ortho intramolecular Hbond substituents is 1. The molecule has 0 fully saturated rings. The van der Waals surface area contributed by atoms with Gasteiger partial charge in [-0.05, 0) is 41.5 Å². The number of carbonyl (C=O) groups excluding carboxylic acids is 1. The van der Waals surface area contributed by atoms with E-state index in [-0.39, 0.29) is 24.2 Å². The molecule has 3 aromatic rings. The summed E-state index contributed by atoms with van der Waals surface area (Å²) in [5.41, 5.74) is 9.03. The number of benzene rings is 3. The normalized spacial score (nSPS) is 11.6. The van der Waals surface area contributed by atoms with Crippen molar-refractivity contribution in [3.05, 3.63) is 83.9 Å². The van der Waals surface area contributed by atoms with Gasteiger partial charge < -0.3 is 20.9 Å². The molecule has 3 rings (SSSR count). The van der Waals surface area contributed by atoms with Crippen LogP contribution in [0.25, 0.3) is 11.1 Å². The van der Waals surface area contributed by atoms with Crippen LogP contribution in [0.5, 0.6) is 11.5 Å². The Bertz CT molecular complexity index is 923. The number of hydrogen-bond donors (Lipinski definition) is 3. The van der Waals surface area contributed by atoms with Gasteiger partial charge in [0, 0.05) is 17.7 Å². The monoisotopic (exact) mass is 362 g/mol. The molecule has 0 aliphatic carbocycles. The third-order valence-electron chi connectivity index (χ3n) is 4.38. The molecule has 0 radical (unpaired) electrons. The van der Waals surface area contributed by atoms with E-state index in [1.54, 1.807) is 37.4 Å². The van der Waals surface area contributed by atoms with Gasteiger partial charge in [-0.1, -0.05) is 42.5 Å². The zero-order chi connectivity index (χ0) is 19.2. The summed E-state index contributed by atoms with van der Waals surface area (Å²) in [5, 5.41) is 12.4.